The molecule has 2 aliphatic carbocycles. The second-order valence-electron chi connectivity index (χ2n) is 4.45. The molecule has 0 saturated carbocycles. The van der Waals surface area contributed by atoms with Gasteiger partial charge in [0.25, 0.3) is 0 Å². The third kappa shape index (κ3) is 3.01. The van der Waals surface area contributed by atoms with Crippen molar-refractivity contribution in [1.82, 2.24) is 0 Å². The van der Waals surface area contributed by atoms with Gasteiger partial charge in [-0.05, 0) is 42.4 Å². The van der Waals surface area contributed by atoms with E-state index < -0.39 is 23.5 Å². The van der Waals surface area contributed by atoms with E-state index in [1.54, 1.807) is 6.92 Å². The first-order valence-electron chi connectivity index (χ1n) is 6.47. The van der Waals surface area contributed by atoms with Gasteiger partial charge in [0.1, 0.15) is 11.1 Å². The summed E-state index contributed by atoms with van der Waals surface area (Å²) in [6.45, 7) is 1.76. The van der Waals surface area contributed by atoms with E-state index in [2.05, 4.69) is 0 Å². The zero-order valence-electron chi connectivity index (χ0n) is 11.7. The molecule has 0 radical (unpaired) electrons. The molecule has 6 nitrogen and oxygen atoms in total. The molecule has 0 aromatic heterocycles. The summed E-state index contributed by atoms with van der Waals surface area (Å²) in [6.07, 6.45) is 7.76. The fraction of sp³-hybridized carbons (Fsp3) is 0.125. The zero-order valence-corrected chi connectivity index (χ0v) is 11.7. The minimum absolute atomic E-state index is 0.135. The van der Waals surface area contributed by atoms with E-state index in [0.717, 1.165) is 6.08 Å². The summed E-state index contributed by atoms with van der Waals surface area (Å²) in [5.41, 5.74) is 0.358. The van der Waals surface area contributed by atoms with Crippen LogP contribution in [-0.4, -0.2) is 35.2 Å². The number of carboxylic acids is 1. The number of ketones is 2. The molecule has 2 aliphatic rings. The molecular weight excluding hydrogens is 288 g/mol. The minimum atomic E-state index is -1.34. The van der Waals surface area contributed by atoms with E-state index in [9.17, 15) is 19.2 Å². The highest BCUT2D eigenvalue weighted by atomic mass is 16.5. The molecule has 112 valence electrons. The average molecular weight is 300 g/mol. The Hall–Kier alpha value is -3.02. The van der Waals surface area contributed by atoms with Gasteiger partial charge in [-0.2, -0.15) is 0 Å². The fourth-order valence-corrected chi connectivity index (χ4v) is 1.95. The quantitative estimate of drug-likeness (QED) is 0.618. The second kappa shape index (κ2) is 6.17. The van der Waals surface area contributed by atoms with Gasteiger partial charge in [0.05, 0.1) is 6.61 Å². The third-order valence-electron chi connectivity index (χ3n) is 3.02. The van der Waals surface area contributed by atoms with E-state index in [0.29, 0.717) is 11.1 Å². The van der Waals surface area contributed by atoms with Crippen molar-refractivity contribution in [2.24, 2.45) is 0 Å². The van der Waals surface area contributed by atoms with Gasteiger partial charge >= 0.3 is 11.9 Å². The molecule has 2 rings (SSSR count). The van der Waals surface area contributed by atoms with Crippen LogP contribution in [0.15, 0.2) is 58.7 Å². The van der Waals surface area contributed by atoms with E-state index in [4.69, 9.17) is 9.84 Å². The molecular formula is C16H12O6. The number of ether oxygens (including phenoxy) is 1. The molecule has 0 heterocycles. The first kappa shape index (κ1) is 15.4. The molecule has 0 bridgehead atoms. The second-order valence-corrected chi connectivity index (χ2v) is 4.45. The lowest BCUT2D eigenvalue weighted by molar-refractivity contribution is -0.140. The summed E-state index contributed by atoms with van der Waals surface area (Å²) >= 11 is 0. The van der Waals surface area contributed by atoms with Crippen molar-refractivity contribution in [3.05, 3.63) is 58.7 Å². The predicted molar refractivity (Wildman–Crippen MR) is 75.8 cm³/mol. The number of carbonyl (C=O) groups excluding carboxylic acids is 3. The molecule has 0 aromatic rings. The summed E-state index contributed by atoms with van der Waals surface area (Å²) in [5.74, 6) is -3.17. The summed E-state index contributed by atoms with van der Waals surface area (Å²) < 4.78 is 4.80. The monoisotopic (exact) mass is 300 g/mol. The summed E-state index contributed by atoms with van der Waals surface area (Å²) in [6, 6.07) is 0. The van der Waals surface area contributed by atoms with Crippen molar-refractivity contribution < 1.29 is 29.0 Å². The normalized spacial score (nSPS) is 20.6. The van der Waals surface area contributed by atoms with Crippen molar-refractivity contribution >= 4 is 23.5 Å². The lowest BCUT2D eigenvalue weighted by Gasteiger charge is -2.12. The Morgan fingerprint density at radius 2 is 1.45 bits per heavy atom. The van der Waals surface area contributed by atoms with Gasteiger partial charge in [-0.25, -0.2) is 9.59 Å². The Bertz CT molecular complexity index is 728. The molecule has 22 heavy (non-hydrogen) atoms. The number of aliphatic carboxylic acids is 1. The highest BCUT2D eigenvalue weighted by Gasteiger charge is 2.23. The van der Waals surface area contributed by atoms with Gasteiger partial charge in [0.2, 0.25) is 0 Å². The van der Waals surface area contributed by atoms with E-state index in [1.165, 1.54) is 30.4 Å². The van der Waals surface area contributed by atoms with Crippen LogP contribution >= 0.6 is 0 Å². The lowest BCUT2D eigenvalue weighted by atomic mass is 9.92. The molecule has 0 aliphatic heterocycles. The Morgan fingerprint density at radius 3 is 1.95 bits per heavy atom. The topological polar surface area (TPSA) is 97.7 Å². The van der Waals surface area contributed by atoms with E-state index in [-0.39, 0.29) is 17.8 Å². The first-order valence-corrected chi connectivity index (χ1v) is 6.47. The molecule has 0 atom stereocenters. The van der Waals surface area contributed by atoms with Crippen LogP contribution in [0.25, 0.3) is 0 Å². The van der Waals surface area contributed by atoms with Crippen molar-refractivity contribution in [2.45, 2.75) is 6.92 Å². The number of carboxylic acid groups (broad SMARTS) is 1. The standard InChI is InChI=1S/C16H12O6/c1-2-22-16(21)12-8-10(4-6-14(12)18)9-3-5-13(17)11(7-9)15(19)20/h3-8H,2H2,1H3,(H,19,20)/b10-9+. The van der Waals surface area contributed by atoms with Crippen molar-refractivity contribution in [3.63, 3.8) is 0 Å². The smallest absolute Gasteiger partial charge is 0.342 e. The maximum Gasteiger partial charge on any atom is 0.342 e. The number of esters is 1. The molecule has 0 unspecified atom stereocenters. The van der Waals surface area contributed by atoms with Crippen LogP contribution in [0.5, 0.6) is 0 Å². The summed E-state index contributed by atoms with van der Waals surface area (Å²) in [7, 11) is 0. The van der Waals surface area contributed by atoms with Gasteiger partial charge in [0.15, 0.2) is 11.6 Å². The maximum atomic E-state index is 11.7. The lowest BCUT2D eigenvalue weighted by Crippen LogP contribution is -2.17. The number of hydrogen-bond acceptors (Lipinski definition) is 5. The summed E-state index contributed by atoms with van der Waals surface area (Å²) in [4.78, 5) is 45.9. The van der Waals surface area contributed by atoms with Crippen LogP contribution in [0.2, 0.25) is 0 Å². The first-order chi connectivity index (χ1) is 10.4. The van der Waals surface area contributed by atoms with Crippen molar-refractivity contribution in [1.29, 1.82) is 0 Å². The van der Waals surface area contributed by atoms with Crippen molar-refractivity contribution in [3.8, 4) is 0 Å². The van der Waals surface area contributed by atoms with E-state index in [1.807, 2.05) is 0 Å². The van der Waals surface area contributed by atoms with Crippen LogP contribution in [-0.2, 0) is 23.9 Å². The van der Waals surface area contributed by atoms with Crippen LogP contribution < -0.4 is 0 Å². The fourth-order valence-electron chi connectivity index (χ4n) is 1.95. The Balaban J connectivity index is 2.47. The molecule has 0 saturated heterocycles. The van der Waals surface area contributed by atoms with E-state index >= 15 is 0 Å². The maximum absolute atomic E-state index is 11.7. The Kier molecular flexibility index (Phi) is 4.31. The number of hydrogen-bond donors (Lipinski definition) is 1. The third-order valence-corrected chi connectivity index (χ3v) is 3.02. The molecule has 0 fully saturated rings. The molecule has 1 N–H and O–H groups in total. The molecule has 6 heteroatoms. The Labute approximate surface area is 125 Å². The van der Waals surface area contributed by atoms with Crippen LogP contribution in [0.3, 0.4) is 0 Å². The largest absolute Gasteiger partial charge is 0.478 e. The van der Waals surface area contributed by atoms with Gasteiger partial charge in [-0.15, -0.1) is 0 Å². The zero-order chi connectivity index (χ0) is 16.3. The van der Waals surface area contributed by atoms with Crippen molar-refractivity contribution in [2.75, 3.05) is 6.61 Å². The molecule has 0 aromatic carbocycles. The Morgan fingerprint density at radius 1 is 0.955 bits per heavy atom. The van der Waals surface area contributed by atoms with Gasteiger partial charge in [0, 0.05) is 0 Å². The molecule has 0 amide bonds. The highest BCUT2D eigenvalue weighted by Crippen LogP contribution is 2.23. The minimum Gasteiger partial charge on any atom is -0.478 e. The summed E-state index contributed by atoms with van der Waals surface area (Å²) in [5, 5.41) is 8.97. The average Bonchev–Trinajstić information content (AvgIpc) is 2.48. The van der Waals surface area contributed by atoms with Crippen LogP contribution in [0, 0.1) is 0 Å². The highest BCUT2D eigenvalue weighted by molar-refractivity contribution is 6.24. The molecule has 0 spiro atoms. The van der Waals surface area contributed by atoms with Gasteiger partial charge in [-0.3, -0.25) is 9.59 Å². The van der Waals surface area contributed by atoms with Gasteiger partial charge in [-0.1, -0.05) is 12.2 Å². The number of allylic oxidation sites excluding steroid dienone is 8. The van der Waals surface area contributed by atoms with Gasteiger partial charge < -0.3 is 9.84 Å². The SMILES string of the molecule is CCOC(=O)C1=C/C(=C2\C=CC(=O)C(C(=O)O)=C2)C=CC1=O. The number of rotatable bonds is 3. The van der Waals surface area contributed by atoms with Crippen LogP contribution in [0.4, 0.5) is 0 Å². The van der Waals surface area contributed by atoms with Crippen LogP contribution in [0.1, 0.15) is 6.92 Å². The number of carbonyl (C=O) groups is 4. The predicted octanol–water partition coefficient (Wildman–Crippen LogP) is 1.06.